The van der Waals surface area contributed by atoms with Gasteiger partial charge in [0.15, 0.2) is 5.82 Å². The Morgan fingerprint density at radius 1 is 1.22 bits per heavy atom. The molecule has 3 N–H and O–H groups in total. The van der Waals surface area contributed by atoms with Gasteiger partial charge in [-0.1, -0.05) is 17.3 Å². The van der Waals surface area contributed by atoms with Crippen LogP contribution in [-0.4, -0.2) is 33.5 Å². The first-order chi connectivity index (χ1) is 13.1. The summed E-state index contributed by atoms with van der Waals surface area (Å²) >= 11 is 0. The van der Waals surface area contributed by atoms with Crippen molar-refractivity contribution in [1.29, 1.82) is 0 Å². The van der Waals surface area contributed by atoms with Gasteiger partial charge in [0.05, 0.1) is 13.1 Å². The zero-order valence-electron chi connectivity index (χ0n) is 14.3. The Morgan fingerprint density at radius 2 is 2.04 bits per heavy atom. The van der Waals surface area contributed by atoms with Crippen molar-refractivity contribution in [3.8, 4) is 0 Å². The molecule has 2 amide bonds. The molecular weight excluding hydrogens is 350 g/mol. The van der Waals surface area contributed by atoms with E-state index in [4.69, 9.17) is 4.52 Å². The van der Waals surface area contributed by atoms with Crippen molar-refractivity contribution in [3.05, 3.63) is 58.0 Å². The van der Waals surface area contributed by atoms with Crippen LogP contribution in [0.4, 0.5) is 0 Å². The minimum atomic E-state index is -0.619. The third kappa shape index (κ3) is 3.71. The Kier molecular flexibility index (Phi) is 4.41. The van der Waals surface area contributed by atoms with Gasteiger partial charge in [0.25, 0.3) is 5.91 Å². The van der Waals surface area contributed by atoms with Crippen LogP contribution in [0, 0.1) is 0 Å². The molecule has 9 nitrogen and oxygen atoms in total. The molecule has 1 aliphatic rings. The Hall–Kier alpha value is -3.49. The zero-order chi connectivity index (χ0) is 18.8. The second kappa shape index (κ2) is 7.02. The number of amides is 2. The van der Waals surface area contributed by atoms with E-state index in [1.165, 1.54) is 6.20 Å². The summed E-state index contributed by atoms with van der Waals surface area (Å²) in [6.07, 6.45) is 3.46. The number of benzene rings is 1. The maximum Gasteiger partial charge on any atom is 0.257 e. The normalized spacial score (nSPS) is 13.5. The van der Waals surface area contributed by atoms with E-state index >= 15 is 0 Å². The highest BCUT2D eigenvalue weighted by molar-refractivity contribution is 5.98. The molecule has 1 fully saturated rings. The van der Waals surface area contributed by atoms with Gasteiger partial charge in [-0.25, -0.2) is 0 Å². The molecule has 0 unspecified atom stereocenters. The van der Waals surface area contributed by atoms with E-state index in [1.807, 2.05) is 0 Å². The van der Waals surface area contributed by atoms with Gasteiger partial charge in [-0.15, -0.1) is 0 Å². The van der Waals surface area contributed by atoms with Crippen molar-refractivity contribution in [3.63, 3.8) is 0 Å². The third-order valence-corrected chi connectivity index (χ3v) is 4.31. The summed E-state index contributed by atoms with van der Waals surface area (Å²) in [4.78, 5) is 43.6. The molecule has 27 heavy (non-hydrogen) atoms. The monoisotopic (exact) mass is 367 g/mol. The molecule has 0 spiro atoms. The molecule has 0 aliphatic heterocycles. The van der Waals surface area contributed by atoms with Crippen LogP contribution in [0.3, 0.4) is 0 Å². The fourth-order valence-corrected chi connectivity index (χ4v) is 2.68. The van der Waals surface area contributed by atoms with Crippen LogP contribution in [0.2, 0.25) is 0 Å². The quantitative estimate of drug-likeness (QED) is 0.592. The number of rotatable bonds is 6. The summed E-state index contributed by atoms with van der Waals surface area (Å²) in [7, 11) is 0. The van der Waals surface area contributed by atoms with E-state index < -0.39 is 11.8 Å². The van der Waals surface area contributed by atoms with Crippen molar-refractivity contribution < 1.29 is 14.1 Å². The second-order valence-electron chi connectivity index (χ2n) is 6.36. The summed E-state index contributed by atoms with van der Waals surface area (Å²) in [6.45, 7) is -0.181. The number of nitrogens with zero attached hydrogens (tertiary/aromatic N) is 2. The number of hydrogen-bond acceptors (Lipinski definition) is 6. The predicted octanol–water partition coefficient (Wildman–Crippen LogP) is 0.835. The number of hydrogen-bond donors (Lipinski definition) is 3. The molecule has 4 rings (SSSR count). The summed E-state index contributed by atoms with van der Waals surface area (Å²) in [5.74, 6) is 0.320. The highest BCUT2D eigenvalue weighted by Gasteiger charge is 2.28. The number of carbonyl (C=O) groups excluding carboxylic acids is 2. The van der Waals surface area contributed by atoms with Gasteiger partial charge in [-0.05, 0) is 25.0 Å². The summed E-state index contributed by atoms with van der Waals surface area (Å²) in [6, 6.07) is 6.90. The fourth-order valence-electron chi connectivity index (χ4n) is 2.68. The second-order valence-corrected chi connectivity index (χ2v) is 6.36. The lowest BCUT2D eigenvalue weighted by atomic mass is 10.1. The standard InChI is InChI=1S/C18H17N5O4/c24-14(20-9-15-22-17(23-27-15)10-5-6-10)8-21-18(26)12-7-19-13-4-2-1-3-11(13)16(12)25/h1-4,7,10H,5-6,8-9H2,(H,19,25)(H,20,24)(H,21,26). The molecule has 0 atom stereocenters. The van der Waals surface area contributed by atoms with Crippen LogP contribution in [-0.2, 0) is 11.3 Å². The Labute approximate surface area is 153 Å². The molecular formula is C18H17N5O4. The van der Waals surface area contributed by atoms with Crippen LogP contribution in [0.1, 0.15) is 40.8 Å². The van der Waals surface area contributed by atoms with Crippen molar-refractivity contribution in [1.82, 2.24) is 25.8 Å². The van der Waals surface area contributed by atoms with E-state index in [1.54, 1.807) is 24.3 Å². The number of H-pyrrole nitrogens is 1. The molecule has 0 saturated heterocycles. The van der Waals surface area contributed by atoms with E-state index in [2.05, 4.69) is 25.8 Å². The molecule has 0 bridgehead atoms. The molecule has 9 heteroatoms. The van der Waals surface area contributed by atoms with Crippen molar-refractivity contribution >= 4 is 22.7 Å². The Balaban J connectivity index is 1.32. The first-order valence-electron chi connectivity index (χ1n) is 8.59. The minimum Gasteiger partial charge on any atom is -0.360 e. The van der Waals surface area contributed by atoms with Crippen LogP contribution < -0.4 is 16.1 Å². The van der Waals surface area contributed by atoms with Crippen LogP contribution in [0.5, 0.6) is 0 Å². The molecule has 2 aromatic heterocycles. The fraction of sp³-hybridized carbons (Fsp3) is 0.278. The SMILES string of the molecule is O=C(CNC(=O)c1c[nH]c2ccccc2c1=O)NCc1nc(C2CC2)no1. The van der Waals surface area contributed by atoms with Gasteiger partial charge in [0, 0.05) is 23.0 Å². The van der Waals surface area contributed by atoms with E-state index in [0.29, 0.717) is 28.5 Å². The van der Waals surface area contributed by atoms with Gasteiger partial charge in [-0.3, -0.25) is 14.4 Å². The average Bonchev–Trinajstić information content (AvgIpc) is 3.43. The number of pyridine rings is 1. The number of nitrogens with one attached hydrogen (secondary N) is 3. The number of para-hydroxylation sites is 1. The molecule has 1 saturated carbocycles. The summed E-state index contributed by atoms with van der Waals surface area (Å²) in [5.41, 5.74) is 0.204. The number of carbonyl (C=O) groups is 2. The summed E-state index contributed by atoms with van der Waals surface area (Å²) in [5, 5.41) is 9.30. The smallest absolute Gasteiger partial charge is 0.257 e. The maximum absolute atomic E-state index is 12.4. The predicted molar refractivity (Wildman–Crippen MR) is 95.0 cm³/mol. The highest BCUT2D eigenvalue weighted by atomic mass is 16.5. The van der Waals surface area contributed by atoms with Gasteiger partial charge in [0.2, 0.25) is 17.2 Å². The number of aromatic amines is 1. The van der Waals surface area contributed by atoms with Crippen molar-refractivity contribution in [2.75, 3.05) is 6.54 Å². The third-order valence-electron chi connectivity index (χ3n) is 4.31. The zero-order valence-corrected chi connectivity index (χ0v) is 14.3. The summed E-state index contributed by atoms with van der Waals surface area (Å²) < 4.78 is 5.06. The van der Waals surface area contributed by atoms with Crippen LogP contribution in [0.25, 0.3) is 10.9 Å². The topological polar surface area (TPSA) is 130 Å². The van der Waals surface area contributed by atoms with Gasteiger partial charge in [0.1, 0.15) is 5.56 Å². The Morgan fingerprint density at radius 3 is 2.85 bits per heavy atom. The molecule has 138 valence electrons. The van der Waals surface area contributed by atoms with Crippen molar-refractivity contribution in [2.45, 2.75) is 25.3 Å². The molecule has 0 radical (unpaired) electrons. The lowest BCUT2D eigenvalue weighted by Gasteiger charge is -2.06. The van der Waals surface area contributed by atoms with E-state index in [-0.39, 0.29) is 24.1 Å². The van der Waals surface area contributed by atoms with Crippen LogP contribution in [0.15, 0.2) is 39.8 Å². The molecule has 1 aliphatic carbocycles. The molecule has 1 aromatic carbocycles. The number of aromatic nitrogens is 3. The maximum atomic E-state index is 12.4. The van der Waals surface area contributed by atoms with Gasteiger partial charge >= 0.3 is 0 Å². The first kappa shape index (κ1) is 17.0. The average molecular weight is 367 g/mol. The van der Waals surface area contributed by atoms with E-state index in [9.17, 15) is 14.4 Å². The lowest BCUT2D eigenvalue weighted by molar-refractivity contribution is -0.120. The van der Waals surface area contributed by atoms with E-state index in [0.717, 1.165) is 12.8 Å². The van der Waals surface area contributed by atoms with Gasteiger partial charge in [-0.2, -0.15) is 4.98 Å². The van der Waals surface area contributed by atoms with Crippen molar-refractivity contribution in [2.24, 2.45) is 0 Å². The highest BCUT2D eigenvalue weighted by Crippen LogP contribution is 2.37. The van der Waals surface area contributed by atoms with Gasteiger partial charge < -0.3 is 20.1 Å². The van der Waals surface area contributed by atoms with Crippen LogP contribution >= 0.6 is 0 Å². The molecule has 3 aromatic rings. The lowest BCUT2D eigenvalue weighted by Crippen LogP contribution is -2.38. The first-order valence-corrected chi connectivity index (χ1v) is 8.59. The largest absolute Gasteiger partial charge is 0.360 e. The Bertz CT molecular complexity index is 1070. The molecule has 2 heterocycles. The number of fused-ring (bicyclic) bond motifs is 1. The minimum absolute atomic E-state index is 0.0486.